The highest BCUT2D eigenvalue weighted by atomic mass is 16.1. The van der Waals surface area contributed by atoms with Crippen LogP contribution in [0.15, 0.2) is 35.1 Å². The number of aromatic nitrogens is 3. The molecule has 0 saturated heterocycles. The molecule has 3 N–H and O–H groups in total. The summed E-state index contributed by atoms with van der Waals surface area (Å²) in [4.78, 5) is 13.6. The van der Waals surface area contributed by atoms with Crippen molar-refractivity contribution >= 4 is 5.95 Å². The summed E-state index contributed by atoms with van der Waals surface area (Å²) < 4.78 is 0. The molecule has 0 bridgehead atoms. The molecule has 0 aliphatic rings. The van der Waals surface area contributed by atoms with E-state index >= 15 is 0 Å². The van der Waals surface area contributed by atoms with Gasteiger partial charge in [0, 0.05) is 5.56 Å². The van der Waals surface area contributed by atoms with Gasteiger partial charge in [0.25, 0.3) is 5.56 Å². The Balaban J connectivity index is 2.35. The van der Waals surface area contributed by atoms with Crippen LogP contribution in [0.5, 0.6) is 0 Å². The molecule has 0 aliphatic heterocycles. The van der Waals surface area contributed by atoms with E-state index in [0.717, 1.165) is 5.56 Å². The first-order chi connectivity index (χ1) is 7.75. The largest absolute Gasteiger partial charge is 0.368 e. The van der Waals surface area contributed by atoms with E-state index in [9.17, 15) is 4.79 Å². The van der Waals surface area contributed by atoms with Crippen molar-refractivity contribution in [2.24, 2.45) is 0 Å². The quantitative estimate of drug-likeness (QED) is 0.608. The molecule has 1 heterocycles. The Morgan fingerprint density at radius 3 is 2.56 bits per heavy atom. The van der Waals surface area contributed by atoms with Crippen molar-refractivity contribution in [2.75, 3.05) is 5.73 Å². The monoisotopic (exact) mass is 212 g/mol. The zero-order valence-corrected chi connectivity index (χ0v) is 8.27. The lowest BCUT2D eigenvalue weighted by Crippen LogP contribution is -2.16. The van der Waals surface area contributed by atoms with Crippen molar-refractivity contribution in [3.05, 3.63) is 51.9 Å². The number of nitrogen functional groups attached to an aromatic ring is 1. The normalized spacial score (nSPS) is 9.25. The summed E-state index contributed by atoms with van der Waals surface area (Å²) in [5.41, 5.74) is 5.68. The highest BCUT2D eigenvalue weighted by molar-refractivity contribution is 5.39. The third kappa shape index (κ3) is 2.25. The predicted molar refractivity (Wildman–Crippen MR) is 59.5 cm³/mol. The molecule has 0 atom stereocenters. The molecule has 2 aromatic rings. The molecule has 0 radical (unpaired) electrons. The average molecular weight is 212 g/mol. The van der Waals surface area contributed by atoms with Crippen molar-refractivity contribution < 1.29 is 0 Å². The number of nitrogens with one attached hydrogen (secondary N) is 1. The first kappa shape index (κ1) is 9.93. The fraction of sp³-hybridized carbons (Fsp3) is 0. The van der Waals surface area contributed by atoms with Gasteiger partial charge in [0.1, 0.15) is 0 Å². The number of hydrogen-bond acceptors (Lipinski definition) is 4. The molecule has 0 saturated carbocycles. The lowest BCUT2D eigenvalue weighted by atomic mass is 10.2. The highest BCUT2D eigenvalue weighted by Gasteiger charge is 1.97. The smallest absolute Gasteiger partial charge is 0.287 e. The van der Waals surface area contributed by atoms with Gasteiger partial charge in [-0.2, -0.15) is 0 Å². The van der Waals surface area contributed by atoms with Gasteiger partial charge in [-0.05, 0) is 18.1 Å². The van der Waals surface area contributed by atoms with Crippen LogP contribution in [0, 0.1) is 11.8 Å². The Bertz CT molecular complexity index is 607. The maximum atomic E-state index is 11.3. The van der Waals surface area contributed by atoms with Gasteiger partial charge in [-0.1, -0.05) is 24.1 Å². The maximum absolute atomic E-state index is 11.3. The fourth-order valence-electron chi connectivity index (χ4n) is 1.08. The summed E-state index contributed by atoms with van der Waals surface area (Å²) >= 11 is 0. The average Bonchev–Trinajstić information content (AvgIpc) is 2.29. The van der Waals surface area contributed by atoms with Crippen LogP contribution in [0.1, 0.15) is 11.3 Å². The van der Waals surface area contributed by atoms with Crippen LogP contribution in [0.25, 0.3) is 0 Å². The van der Waals surface area contributed by atoms with Crippen LogP contribution in [0.3, 0.4) is 0 Å². The number of hydrogen-bond donors (Lipinski definition) is 2. The number of nitrogens with two attached hydrogens (primary N) is 1. The van der Waals surface area contributed by atoms with Crippen LogP contribution in [-0.4, -0.2) is 15.2 Å². The van der Waals surface area contributed by atoms with Crippen molar-refractivity contribution in [3.63, 3.8) is 0 Å². The highest BCUT2D eigenvalue weighted by Crippen LogP contribution is 1.95. The zero-order chi connectivity index (χ0) is 11.4. The van der Waals surface area contributed by atoms with Crippen LogP contribution < -0.4 is 11.3 Å². The molecule has 5 nitrogen and oxygen atoms in total. The van der Waals surface area contributed by atoms with Gasteiger partial charge < -0.3 is 5.73 Å². The van der Waals surface area contributed by atoms with Crippen molar-refractivity contribution in [3.8, 4) is 11.8 Å². The molecule has 0 aliphatic carbocycles. The van der Waals surface area contributed by atoms with Crippen molar-refractivity contribution in [2.45, 2.75) is 0 Å². The van der Waals surface area contributed by atoms with Crippen LogP contribution in [-0.2, 0) is 0 Å². The van der Waals surface area contributed by atoms with E-state index in [-0.39, 0.29) is 11.6 Å². The SMILES string of the molecule is Nc1nnc(C#Cc2ccccc2)c(=O)[nH]1. The summed E-state index contributed by atoms with van der Waals surface area (Å²) in [5.74, 6) is 5.42. The molecule has 1 aromatic carbocycles. The Hall–Kier alpha value is -2.61. The Labute approximate surface area is 91.3 Å². The maximum Gasteiger partial charge on any atom is 0.287 e. The van der Waals surface area contributed by atoms with E-state index in [1.165, 1.54) is 0 Å². The number of H-pyrrole nitrogens is 1. The topological polar surface area (TPSA) is 84.7 Å². The minimum atomic E-state index is -0.434. The second-order valence-electron chi connectivity index (χ2n) is 3.00. The Morgan fingerprint density at radius 1 is 1.12 bits per heavy atom. The molecule has 78 valence electrons. The lowest BCUT2D eigenvalue weighted by molar-refractivity contribution is 0.943. The first-order valence-electron chi connectivity index (χ1n) is 4.55. The molecule has 5 heteroatoms. The molecule has 1 aromatic heterocycles. The minimum absolute atomic E-state index is 0.0183. The number of aromatic amines is 1. The second-order valence-corrected chi connectivity index (χ2v) is 3.00. The zero-order valence-electron chi connectivity index (χ0n) is 8.27. The first-order valence-corrected chi connectivity index (χ1v) is 4.55. The van der Waals surface area contributed by atoms with Crippen LogP contribution in [0.2, 0.25) is 0 Å². The minimum Gasteiger partial charge on any atom is -0.368 e. The molecule has 0 spiro atoms. The van der Waals surface area contributed by atoms with Gasteiger partial charge in [0.05, 0.1) is 0 Å². The summed E-state index contributed by atoms with van der Waals surface area (Å²) in [6.45, 7) is 0. The Kier molecular flexibility index (Phi) is 2.65. The number of nitrogens with zero attached hydrogens (tertiary/aromatic N) is 2. The Morgan fingerprint density at radius 2 is 1.88 bits per heavy atom. The fourth-order valence-corrected chi connectivity index (χ4v) is 1.08. The molecule has 0 fully saturated rings. The van der Waals surface area contributed by atoms with E-state index in [4.69, 9.17) is 5.73 Å². The van der Waals surface area contributed by atoms with Crippen molar-refractivity contribution in [1.29, 1.82) is 0 Å². The van der Waals surface area contributed by atoms with E-state index in [1.807, 2.05) is 30.3 Å². The third-order valence-corrected chi connectivity index (χ3v) is 1.81. The molecule has 2 rings (SSSR count). The van der Waals surface area contributed by atoms with Gasteiger partial charge >= 0.3 is 0 Å². The molecular formula is C11H8N4O. The van der Waals surface area contributed by atoms with Gasteiger partial charge in [0.2, 0.25) is 11.6 Å². The van der Waals surface area contributed by atoms with Crippen LogP contribution >= 0.6 is 0 Å². The summed E-state index contributed by atoms with van der Waals surface area (Å²) in [7, 11) is 0. The van der Waals surface area contributed by atoms with Crippen molar-refractivity contribution in [1.82, 2.24) is 15.2 Å². The lowest BCUT2D eigenvalue weighted by Gasteiger charge is -1.90. The van der Waals surface area contributed by atoms with Gasteiger partial charge in [0.15, 0.2) is 0 Å². The number of rotatable bonds is 0. The summed E-state index contributed by atoms with van der Waals surface area (Å²) in [6.07, 6.45) is 0. The van der Waals surface area contributed by atoms with E-state index in [0.29, 0.717) is 0 Å². The van der Waals surface area contributed by atoms with E-state index < -0.39 is 5.56 Å². The molecule has 0 amide bonds. The van der Waals surface area contributed by atoms with Gasteiger partial charge in [-0.15, -0.1) is 10.2 Å². The van der Waals surface area contributed by atoms with Gasteiger partial charge in [-0.3, -0.25) is 9.78 Å². The van der Waals surface area contributed by atoms with Gasteiger partial charge in [-0.25, -0.2) is 0 Å². The molecular weight excluding hydrogens is 204 g/mol. The number of benzene rings is 1. The van der Waals surface area contributed by atoms with E-state index in [1.54, 1.807) is 0 Å². The number of anilines is 1. The summed E-state index contributed by atoms with van der Waals surface area (Å²) in [6, 6.07) is 9.30. The predicted octanol–water partition coefficient (Wildman–Crippen LogP) is 0.147. The van der Waals surface area contributed by atoms with E-state index in [2.05, 4.69) is 27.0 Å². The third-order valence-electron chi connectivity index (χ3n) is 1.81. The summed E-state index contributed by atoms with van der Waals surface area (Å²) in [5, 5.41) is 7.12. The second kappa shape index (κ2) is 4.28. The molecule has 0 unspecified atom stereocenters. The molecule has 16 heavy (non-hydrogen) atoms. The standard InChI is InChI=1S/C11H8N4O/c12-11-13-10(16)9(14-15-11)7-6-8-4-2-1-3-5-8/h1-5H,(H3,12,13,15,16). The van der Waals surface area contributed by atoms with Crippen LogP contribution in [0.4, 0.5) is 5.95 Å².